The van der Waals surface area contributed by atoms with Crippen molar-refractivity contribution in [3.05, 3.63) is 11.6 Å². The van der Waals surface area contributed by atoms with Gasteiger partial charge in [-0.3, -0.25) is 9.59 Å². The molecule has 2 bridgehead atoms. The number of ketones is 2. The maximum Gasteiger partial charge on any atom is 0.155 e. The van der Waals surface area contributed by atoms with Crippen LogP contribution in [0.1, 0.15) is 71.6 Å². The van der Waals surface area contributed by atoms with Gasteiger partial charge in [0.15, 0.2) is 5.78 Å². The van der Waals surface area contributed by atoms with Crippen molar-refractivity contribution in [1.82, 2.24) is 0 Å². The first-order chi connectivity index (χ1) is 11.5. The number of hydrogen-bond donors (Lipinski definition) is 0. The molecule has 2 heteroatoms. The molecule has 0 radical (unpaired) electrons. The molecule has 0 aromatic carbocycles. The minimum absolute atomic E-state index is 0.259. The first kappa shape index (κ1) is 15.3. The molecule has 5 aliphatic rings. The van der Waals surface area contributed by atoms with Crippen molar-refractivity contribution in [1.29, 1.82) is 0 Å². The first-order valence-corrected chi connectivity index (χ1v) is 10.2. The molecule has 0 aromatic heterocycles. The number of hydrogen-bond acceptors (Lipinski definition) is 2. The van der Waals surface area contributed by atoms with Crippen molar-refractivity contribution in [2.45, 2.75) is 71.6 Å². The van der Waals surface area contributed by atoms with Crippen molar-refractivity contribution in [3.63, 3.8) is 0 Å². The summed E-state index contributed by atoms with van der Waals surface area (Å²) in [5.74, 6) is 4.15. The smallest absolute Gasteiger partial charge is 0.155 e. The number of rotatable bonds is 1. The van der Waals surface area contributed by atoms with Crippen molar-refractivity contribution >= 4 is 11.6 Å². The van der Waals surface area contributed by atoms with E-state index in [1.807, 2.05) is 6.92 Å². The SMILES string of the molecule is CC(=O)[C@H]1CC[C@H]2[C@@H]3CC4CC[C@@]5(CCC(=O)C=C45)[C@H]3CC[C@]12C. The number of allylic oxidation sites excluding steroid dienone is 1. The Morgan fingerprint density at radius 2 is 1.92 bits per heavy atom. The minimum atomic E-state index is 0.259. The zero-order valence-corrected chi connectivity index (χ0v) is 15.1. The van der Waals surface area contributed by atoms with Gasteiger partial charge in [0.1, 0.15) is 5.78 Å². The molecular formula is C22H30O2. The van der Waals surface area contributed by atoms with E-state index in [1.54, 1.807) is 5.57 Å². The second-order valence-electron chi connectivity index (χ2n) is 9.86. The summed E-state index contributed by atoms with van der Waals surface area (Å²) < 4.78 is 0. The van der Waals surface area contributed by atoms with E-state index in [0.717, 1.165) is 37.0 Å². The van der Waals surface area contributed by atoms with Crippen LogP contribution in [0.5, 0.6) is 0 Å². The Labute approximate surface area is 145 Å². The molecule has 1 unspecified atom stereocenters. The van der Waals surface area contributed by atoms with Crippen molar-refractivity contribution in [2.75, 3.05) is 0 Å². The molecule has 0 spiro atoms. The van der Waals surface area contributed by atoms with E-state index in [4.69, 9.17) is 0 Å². The zero-order chi connectivity index (χ0) is 16.7. The first-order valence-electron chi connectivity index (χ1n) is 10.2. The maximum absolute atomic E-state index is 12.2. The summed E-state index contributed by atoms with van der Waals surface area (Å²) in [6.07, 6.45) is 12.8. The van der Waals surface area contributed by atoms with Gasteiger partial charge in [-0.05, 0) is 98.9 Å². The molecule has 24 heavy (non-hydrogen) atoms. The van der Waals surface area contributed by atoms with E-state index >= 15 is 0 Å². The minimum Gasteiger partial charge on any atom is -0.300 e. The fourth-order valence-corrected chi connectivity index (χ4v) is 8.39. The summed E-state index contributed by atoms with van der Waals surface area (Å²) in [5, 5.41) is 0. The number of carbonyl (C=O) groups is 2. The quantitative estimate of drug-likeness (QED) is 0.698. The predicted molar refractivity (Wildman–Crippen MR) is 93.3 cm³/mol. The Hall–Kier alpha value is -0.920. The molecule has 4 fully saturated rings. The van der Waals surface area contributed by atoms with Gasteiger partial charge >= 0.3 is 0 Å². The third-order valence-electron chi connectivity index (χ3n) is 9.28. The number of Topliss-reactive ketones (excluding diaryl/α,β-unsaturated/α-hetero) is 1. The van der Waals surface area contributed by atoms with E-state index in [-0.39, 0.29) is 5.41 Å². The van der Waals surface area contributed by atoms with Gasteiger partial charge in [-0.25, -0.2) is 0 Å². The summed E-state index contributed by atoms with van der Waals surface area (Å²) in [4.78, 5) is 24.3. The predicted octanol–water partition coefficient (Wildman–Crippen LogP) is 4.72. The lowest BCUT2D eigenvalue weighted by Gasteiger charge is -2.58. The van der Waals surface area contributed by atoms with E-state index in [2.05, 4.69) is 13.0 Å². The van der Waals surface area contributed by atoms with Crippen LogP contribution in [-0.4, -0.2) is 11.6 Å². The van der Waals surface area contributed by atoms with Crippen LogP contribution < -0.4 is 0 Å². The monoisotopic (exact) mass is 326 g/mol. The Kier molecular flexibility index (Phi) is 3.09. The largest absolute Gasteiger partial charge is 0.300 e. The van der Waals surface area contributed by atoms with Crippen LogP contribution in [0.15, 0.2) is 11.6 Å². The molecule has 0 N–H and O–H groups in total. The summed E-state index contributed by atoms with van der Waals surface area (Å²) in [5.41, 5.74) is 2.19. The molecular weight excluding hydrogens is 296 g/mol. The lowest BCUT2D eigenvalue weighted by molar-refractivity contribution is -0.128. The van der Waals surface area contributed by atoms with E-state index in [9.17, 15) is 9.59 Å². The highest BCUT2D eigenvalue weighted by Gasteiger charge is 2.63. The van der Waals surface area contributed by atoms with Gasteiger partial charge in [0.25, 0.3) is 0 Å². The fraction of sp³-hybridized carbons (Fsp3) is 0.818. The Bertz CT molecular complexity index is 646. The standard InChI is InChI=1S/C22H30O2/c1-13(23)17-3-4-18-16-11-14-5-9-22(10-6-15(24)12-20(14)22)19(16)7-8-21(17,18)2/h12,14,16-19H,3-11H2,1-2H3/t14?,16-,17+,18-,19-,21+,22+/m0/s1. The summed E-state index contributed by atoms with van der Waals surface area (Å²) in [6.45, 7) is 4.25. The normalized spacial score (nSPS) is 52.3. The van der Waals surface area contributed by atoms with Gasteiger partial charge in [0, 0.05) is 12.3 Å². The molecule has 0 saturated heterocycles. The van der Waals surface area contributed by atoms with Crippen LogP contribution in [0.4, 0.5) is 0 Å². The summed E-state index contributed by atoms with van der Waals surface area (Å²) in [6, 6.07) is 0. The molecule has 0 aliphatic heterocycles. The molecule has 5 rings (SSSR count). The Morgan fingerprint density at radius 1 is 1.08 bits per heavy atom. The maximum atomic E-state index is 12.2. The van der Waals surface area contributed by atoms with Gasteiger partial charge in [0.05, 0.1) is 0 Å². The molecule has 130 valence electrons. The van der Waals surface area contributed by atoms with Crippen LogP contribution in [0.25, 0.3) is 0 Å². The van der Waals surface area contributed by atoms with Crippen LogP contribution in [0.3, 0.4) is 0 Å². The third kappa shape index (κ3) is 1.73. The van der Waals surface area contributed by atoms with E-state index in [0.29, 0.717) is 28.8 Å². The molecule has 0 heterocycles. The summed E-state index contributed by atoms with van der Waals surface area (Å²) in [7, 11) is 0. The fourth-order valence-electron chi connectivity index (χ4n) is 8.39. The van der Waals surface area contributed by atoms with E-state index in [1.165, 1.54) is 38.5 Å². The lowest BCUT2D eigenvalue weighted by atomic mass is 9.46. The highest BCUT2D eigenvalue weighted by atomic mass is 16.1. The molecule has 2 nitrogen and oxygen atoms in total. The third-order valence-corrected chi connectivity index (χ3v) is 9.28. The Morgan fingerprint density at radius 3 is 2.71 bits per heavy atom. The number of carbonyl (C=O) groups excluding carboxylic acids is 2. The topological polar surface area (TPSA) is 34.1 Å². The van der Waals surface area contributed by atoms with Gasteiger partial charge in [-0.2, -0.15) is 0 Å². The highest BCUT2D eigenvalue weighted by molar-refractivity contribution is 5.92. The zero-order valence-electron chi connectivity index (χ0n) is 15.1. The highest BCUT2D eigenvalue weighted by Crippen LogP contribution is 2.71. The average Bonchev–Trinajstić information content (AvgIpc) is 3.02. The molecule has 4 saturated carbocycles. The van der Waals surface area contributed by atoms with Crippen molar-refractivity contribution < 1.29 is 9.59 Å². The van der Waals surface area contributed by atoms with Crippen molar-refractivity contribution in [3.8, 4) is 0 Å². The van der Waals surface area contributed by atoms with E-state index < -0.39 is 0 Å². The van der Waals surface area contributed by atoms with Crippen LogP contribution in [-0.2, 0) is 9.59 Å². The lowest BCUT2D eigenvalue weighted by Crippen LogP contribution is -2.51. The molecule has 5 aliphatic carbocycles. The van der Waals surface area contributed by atoms with Gasteiger partial charge < -0.3 is 0 Å². The second-order valence-corrected chi connectivity index (χ2v) is 9.86. The molecule has 0 aromatic rings. The van der Waals surface area contributed by atoms with Crippen LogP contribution in [0, 0.1) is 40.4 Å². The molecule has 7 atom stereocenters. The summed E-state index contributed by atoms with van der Waals surface area (Å²) >= 11 is 0. The number of fused-ring (bicyclic) bond motifs is 3. The van der Waals surface area contributed by atoms with Crippen molar-refractivity contribution in [2.24, 2.45) is 40.4 Å². The van der Waals surface area contributed by atoms with Crippen LogP contribution >= 0.6 is 0 Å². The van der Waals surface area contributed by atoms with Gasteiger partial charge in [-0.1, -0.05) is 12.5 Å². The van der Waals surface area contributed by atoms with Gasteiger partial charge in [-0.15, -0.1) is 0 Å². The average molecular weight is 326 g/mol. The van der Waals surface area contributed by atoms with Gasteiger partial charge in [0.2, 0.25) is 0 Å². The molecule has 0 amide bonds. The van der Waals surface area contributed by atoms with Crippen LogP contribution in [0.2, 0.25) is 0 Å². The Balaban J connectivity index is 1.54. The second kappa shape index (κ2) is 4.83.